The first-order valence-corrected chi connectivity index (χ1v) is 23.7. The van der Waals surface area contributed by atoms with E-state index < -0.39 is 28.3 Å². The van der Waals surface area contributed by atoms with Gasteiger partial charge in [0.1, 0.15) is 6.04 Å². The molecule has 4 N–H and O–H groups in total. The maximum absolute atomic E-state index is 13.9. The summed E-state index contributed by atoms with van der Waals surface area (Å²) >= 11 is 0. The molecule has 62 heavy (non-hydrogen) atoms. The van der Waals surface area contributed by atoms with Crippen molar-refractivity contribution in [2.45, 2.75) is 140 Å². The van der Waals surface area contributed by atoms with Crippen LogP contribution in [0.4, 0.5) is 0 Å². The van der Waals surface area contributed by atoms with Crippen molar-refractivity contribution in [2.24, 2.45) is 11.8 Å². The Morgan fingerprint density at radius 3 is 2.15 bits per heavy atom. The van der Waals surface area contributed by atoms with E-state index in [9.17, 15) is 23.1 Å². The number of aliphatic hydroxyl groups is 1. The van der Waals surface area contributed by atoms with Crippen molar-refractivity contribution >= 4 is 21.8 Å². The number of hydrogen-bond acceptors (Lipinski definition) is 8. The Hall–Kier alpha value is -4.43. The number of nitrogens with one attached hydrogen (secondary N) is 3. The quantitative estimate of drug-likeness (QED) is 0.103. The van der Waals surface area contributed by atoms with Crippen molar-refractivity contribution in [3.63, 3.8) is 0 Å². The molecular formula is C50H64N4O7S. The average Bonchev–Trinajstić information content (AvgIpc) is 3.26. The van der Waals surface area contributed by atoms with Gasteiger partial charge in [-0.1, -0.05) is 116 Å². The lowest BCUT2D eigenvalue weighted by Gasteiger charge is -2.51. The van der Waals surface area contributed by atoms with Crippen LogP contribution in [0.1, 0.15) is 112 Å². The van der Waals surface area contributed by atoms with Crippen molar-refractivity contribution in [3.05, 3.63) is 137 Å². The fourth-order valence-electron chi connectivity index (χ4n) is 9.38. The molecular weight excluding hydrogens is 801 g/mol. The summed E-state index contributed by atoms with van der Waals surface area (Å²) in [6.07, 6.45) is 5.41. The third kappa shape index (κ3) is 11.4. The molecule has 1 aliphatic carbocycles. The Morgan fingerprint density at radius 2 is 1.47 bits per heavy atom. The lowest BCUT2D eigenvalue weighted by Crippen LogP contribution is -2.61. The zero-order valence-electron chi connectivity index (χ0n) is 36.8. The van der Waals surface area contributed by atoms with E-state index in [4.69, 9.17) is 9.47 Å². The van der Waals surface area contributed by atoms with Crippen LogP contribution >= 0.6 is 0 Å². The molecule has 2 aliphatic heterocycles. The molecule has 2 heterocycles. The SMILES string of the molecule is Cc1ccc(S(=O)(=O)N[C@H](Cc2ccccc2)C(=O)NCc2ccc([C@@H]3O[C@H](CN4[C@@H](C(=O)NC(C)(C)C)CC[C@H]5CCCC[C@H]54)[C@H](C)[C@H](c4ccc(CO)cc4)O3)cc2)cc1. The highest BCUT2D eigenvalue weighted by Crippen LogP contribution is 2.44. The third-order valence-electron chi connectivity index (χ3n) is 12.8. The lowest BCUT2D eigenvalue weighted by molar-refractivity contribution is -0.278. The monoisotopic (exact) mass is 864 g/mol. The Morgan fingerprint density at radius 1 is 0.806 bits per heavy atom. The van der Waals surface area contributed by atoms with Crippen LogP contribution < -0.4 is 15.4 Å². The smallest absolute Gasteiger partial charge is 0.241 e. The molecule has 0 aromatic heterocycles. The molecule has 12 heteroatoms. The molecule has 0 radical (unpaired) electrons. The number of likely N-dealkylation sites (tertiary alicyclic amines) is 1. The number of ether oxygens (including phenoxy) is 2. The molecule has 8 atom stereocenters. The summed E-state index contributed by atoms with van der Waals surface area (Å²) in [5.74, 6) is 0.145. The van der Waals surface area contributed by atoms with Crippen molar-refractivity contribution in [1.82, 2.24) is 20.3 Å². The minimum atomic E-state index is -3.98. The van der Waals surface area contributed by atoms with Gasteiger partial charge in [-0.25, -0.2) is 8.42 Å². The van der Waals surface area contributed by atoms with E-state index in [1.165, 1.54) is 25.0 Å². The first-order chi connectivity index (χ1) is 29.7. The number of fused-ring (bicyclic) bond motifs is 1. The molecule has 7 rings (SSSR count). The second kappa shape index (κ2) is 20.0. The normalized spacial score (nSPS) is 25.0. The number of aliphatic hydroxyl groups excluding tert-OH is 1. The number of aryl methyl sites for hydroxylation is 1. The van der Waals surface area contributed by atoms with Gasteiger partial charge in [0.2, 0.25) is 21.8 Å². The number of carbonyl (C=O) groups excluding carboxylic acids is 2. The highest BCUT2D eigenvalue weighted by atomic mass is 32.2. The Kier molecular flexibility index (Phi) is 14.7. The van der Waals surface area contributed by atoms with Gasteiger partial charge in [0, 0.05) is 36.2 Å². The number of benzene rings is 4. The molecule has 2 saturated heterocycles. The van der Waals surface area contributed by atoms with Gasteiger partial charge in [-0.3, -0.25) is 14.5 Å². The molecule has 3 aliphatic rings. The third-order valence-corrected chi connectivity index (χ3v) is 14.3. The van der Waals surface area contributed by atoms with Gasteiger partial charge in [-0.05, 0) is 100 Å². The molecule has 0 unspecified atom stereocenters. The number of carbonyl (C=O) groups is 2. The van der Waals surface area contributed by atoms with Crippen molar-refractivity contribution in [3.8, 4) is 0 Å². The number of amides is 2. The van der Waals surface area contributed by atoms with Crippen LogP contribution in [0.15, 0.2) is 108 Å². The molecule has 11 nitrogen and oxygen atoms in total. The fourth-order valence-corrected chi connectivity index (χ4v) is 10.6. The predicted octanol–water partition coefficient (Wildman–Crippen LogP) is 7.42. The lowest BCUT2D eigenvalue weighted by atomic mass is 9.75. The number of hydrogen-bond donors (Lipinski definition) is 4. The molecule has 0 bridgehead atoms. The zero-order chi connectivity index (χ0) is 44.0. The van der Waals surface area contributed by atoms with Crippen LogP contribution in [-0.4, -0.2) is 66.6 Å². The van der Waals surface area contributed by atoms with Crippen LogP contribution in [0.2, 0.25) is 0 Å². The highest BCUT2D eigenvalue weighted by Gasteiger charge is 2.46. The average molecular weight is 865 g/mol. The molecule has 2 amide bonds. The second-order valence-electron chi connectivity index (χ2n) is 18.6. The Balaban J connectivity index is 1.09. The first-order valence-electron chi connectivity index (χ1n) is 22.3. The molecule has 332 valence electrons. The van der Waals surface area contributed by atoms with Crippen LogP contribution in [0.25, 0.3) is 0 Å². The fraction of sp³-hybridized carbons (Fsp3) is 0.480. The van der Waals surface area contributed by atoms with Crippen LogP contribution in [0, 0.1) is 18.8 Å². The number of rotatable bonds is 14. The van der Waals surface area contributed by atoms with E-state index >= 15 is 0 Å². The van der Waals surface area contributed by atoms with Crippen molar-refractivity contribution < 1.29 is 32.6 Å². The summed E-state index contributed by atoms with van der Waals surface area (Å²) in [5.41, 5.74) is 4.87. The molecule has 4 aromatic rings. The molecule has 1 saturated carbocycles. The van der Waals surface area contributed by atoms with Gasteiger partial charge < -0.3 is 25.2 Å². The van der Waals surface area contributed by atoms with Gasteiger partial charge >= 0.3 is 0 Å². The summed E-state index contributed by atoms with van der Waals surface area (Å²) in [7, 11) is -3.98. The largest absolute Gasteiger partial charge is 0.392 e. The first kappa shape index (κ1) is 45.6. The number of sulfonamides is 1. The Labute approximate surface area is 368 Å². The van der Waals surface area contributed by atoms with Crippen molar-refractivity contribution in [2.75, 3.05) is 6.54 Å². The summed E-state index contributed by atoms with van der Waals surface area (Å²) < 4.78 is 43.2. The Bertz CT molecular complexity index is 2210. The van der Waals surface area contributed by atoms with E-state index in [2.05, 4.69) is 27.2 Å². The second-order valence-corrected chi connectivity index (χ2v) is 20.3. The zero-order valence-corrected chi connectivity index (χ0v) is 37.6. The number of piperidine rings is 1. The molecule has 0 spiro atoms. The topological polar surface area (TPSA) is 146 Å². The van der Waals surface area contributed by atoms with E-state index in [0.29, 0.717) is 18.5 Å². The van der Waals surface area contributed by atoms with Gasteiger partial charge in [-0.2, -0.15) is 4.72 Å². The van der Waals surface area contributed by atoms with Crippen LogP contribution in [-0.2, 0) is 48.7 Å². The molecule has 4 aromatic carbocycles. The molecule has 3 fully saturated rings. The maximum atomic E-state index is 13.9. The predicted molar refractivity (Wildman–Crippen MR) is 240 cm³/mol. The summed E-state index contributed by atoms with van der Waals surface area (Å²) in [4.78, 5) is 30.2. The van der Waals surface area contributed by atoms with Crippen molar-refractivity contribution in [1.29, 1.82) is 0 Å². The van der Waals surface area contributed by atoms with Gasteiger partial charge in [-0.15, -0.1) is 0 Å². The van der Waals surface area contributed by atoms with Gasteiger partial charge in [0.15, 0.2) is 6.29 Å². The van der Waals surface area contributed by atoms with E-state index in [1.807, 2.05) is 107 Å². The summed E-state index contributed by atoms with van der Waals surface area (Å²) in [6.45, 7) is 10.9. The minimum absolute atomic E-state index is 0.0468. The van der Waals surface area contributed by atoms with Crippen LogP contribution in [0.3, 0.4) is 0 Å². The van der Waals surface area contributed by atoms with Crippen LogP contribution in [0.5, 0.6) is 0 Å². The number of nitrogens with zero attached hydrogens (tertiary/aromatic N) is 1. The van der Waals surface area contributed by atoms with Gasteiger partial charge in [0.25, 0.3) is 0 Å². The summed E-state index contributed by atoms with van der Waals surface area (Å²) in [5, 5.41) is 16.0. The highest BCUT2D eigenvalue weighted by molar-refractivity contribution is 7.89. The van der Waals surface area contributed by atoms with Gasteiger partial charge in [0.05, 0.1) is 29.8 Å². The maximum Gasteiger partial charge on any atom is 0.241 e. The van der Waals surface area contributed by atoms with E-state index in [-0.39, 0.29) is 60.1 Å². The standard InChI is InChI=1S/C50H64N4O7S/c1-33-15-26-41(27-16-33)62(58,59)53-42(29-35-11-7-6-8-12-35)47(56)51-30-36-17-23-40(24-18-36)49-60-45(34(2)46(61-49)39-21-19-37(32-55)20-22-39)31-54-43-14-10-9-13-38(43)25-28-44(54)48(57)52-50(3,4)5/h6-8,11-12,15-24,26-27,34,38,42-46,49,53,55H,9-10,13-14,25,28-32H2,1-5H3,(H,51,56)(H,52,57)/t34-,38+,42+,43+,44+,45+,46+,49+/m0/s1. The van der Waals surface area contributed by atoms with E-state index in [0.717, 1.165) is 59.1 Å². The van der Waals surface area contributed by atoms with E-state index in [1.54, 1.807) is 12.1 Å². The summed E-state index contributed by atoms with van der Waals surface area (Å²) in [6, 6.07) is 30.5. The minimum Gasteiger partial charge on any atom is -0.392 e.